The molecule has 8 heteroatoms. The third-order valence-corrected chi connectivity index (χ3v) is 4.65. The van der Waals surface area contributed by atoms with E-state index < -0.39 is 6.03 Å². The summed E-state index contributed by atoms with van der Waals surface area (Å²) in [5.74, 6) is 1.10. The summed E-state index contributed by atoms with van der Waals surface area (Å²) in [6, 6.07) is 5.12. The van der Waals surface area contributed by atoms with E-state index in [1.165, 1.54) is 0 Å². The molecule has 0 fully saturated rings. The zero-order chi connectivity index (χ0) is 17.1. The fourth-order valence-electron chi connectivity index (χ4n) is 2.45. The number of carbonyl (C=O) groups is 1. The first-order valence-electron chi connectivity index (χ1n) is 7.73. The van der Waals surface area contributed by atoms with Gasteiger partial charge >= 0.3 is 6.03 Å². The Morgan fingerprint density at radius 2 is 2.21 bits per heavy atom. The van der Waals surface area contributed by atoms with Crippen LogP contribution in [0.5, 0.6) is 5.75 Å². The largest absolute Gasteiger partial charge is 0.492 e. The number of aryl methyl sites for hydroxylation is 1. The van der Waals surface area contributed by atoms with Crippen molar-refractivity contribution in [2.45, 2.75) is 19.8 Å². The summed E-state index contributed by atoms with van der Waals surface area (Å²) in [6.45, 7) is 2.80. The third kappa shape index (κ3) is 3.33. The number of carbonyl (C=O) groups excluding carboxylic acids is 1. The second kappa shape index (κ2) is 6.88. The van der Waals surface area contributed by atoms with Crippen LogP contribution in [0.4, 0.5) is 10.6 Å². The number of pyridine rings is 1. The number of fused-ring (bicyclic) bond motifs is 3. The van der Waals surface area contributed by atoms with Gasteiger partial charge in [0.1, 0.15) is 17.9 Å². The van der Waals surface area contributed by atoms with Gasteiger partial charge in [0.05, 0.1) is 21.8 Å². The van der Waals surface area contributed by atoms with Gasteiger partial charge in [-0.05, 0) is 25.0 Å². The molecule has 3 rings (SSSR count). The number of hydrogen-bond donors (Lipinski definition) is 3. The third-order valence-electron chi connectivity index (χ3n) is 3.50. The number of ether oxygens (including phenoxy) is 1. The van der Waals surface area contributed by atoms with E-state index in [2.05, 4.69) is 22.2 Å². The van der Waals surface area contributed by atoms with Crippen LogP contribution in [0.25, 0.3) is 21.1 Å². The lowest BCUT2D eigenvalue weighted by atomic mass is 10.2. The Hall–Kier alpha value is -2.61. The molecule has 0 unspecified atom stereocenters. The first kappa shape index (κ1) is 16.3. The van der Waals surface area contributed by atoms with Crippen molar-refractivity contribution in [1.29, 1.82) is 0 Å². The van der Waals surface area contributed by atoms with Gasteiger partial charge in [-0.15, -0.1) is 11.3 Å². The normalized spacial score (nSPS) is 11.0. The van der Waals surface area contributed by atoms with E-state index in [0.29, 0.717) is 24.7 Å². The molecule has 24 heavy (non-hydrogen) atoms. The van der Waals surface area contributed by atoms with E-state index in [4.69, 9.17) is 16.2 Å². The Bertz CT molecular complexity index is 893. The van der Waals surface area contributed by atoms with Crippen molar-refractivity contribution in [3.63, 3.8) is 0 Å². The Morgan fingerprint density at radius 1 is 1.38 bits per heavy atom. The molecule has 0 saturated heterocycles. The van der Waals surface area contributed by atoms with E-state index in [-0.39, 0.29) is 0 Å². The molecular formula is C16H19N5O2S. The molecule has 3 aromatic rings. The molecule has 1 aromatic carbocycles. The molecule has 2 amide bonds. The Labute approximate surface area is 143 Å². The molecule has 0 aliphatic carbocycles. The topological polar surface area (TPSA) is 116 Å². The maximum atomic E-state index is 10.6. The van der Waals surface area contributed by atoms with Crippen LogP contribution in [0.1, 0.15) is 18.4 Å². The molecule has 0 spiro atoms. The highest BCUT2D eigenvalue weighted by Gasteiger charge is 2.12. The monoisotopic (exact) mass is 345 g/mol. The van der Waals surface area contributed by atoms with Gasteiger partial charge in [-0.25, -0.2) is 14.8 Å². The SMILES string of the molecule is CCCc1nc2c(N)nc3cc(OCCNC(N)=O)ccc3c2s1. The molecule has 7 nitrogen and oxygen atoms in total. The quantitative estimate of drug-likeness (QED) is 0.593. The van der Waals surface area contributed by atoms with Crippen LogP contribution in [0.3, 0.4) is 0 Å². The molecule has 0 saturated carbocycles. The van der Waals surface area contributed by atoms with E-state index in [0.717, 1.165) is 39.0 Å². The number of benzene rings is 1. The number of hydrogen-bond acceptors (Lipinski definition) is 6. The second-order valence-corrected chi connectivity index (χ2v) is 6.43. The van der Waals surface area contributed by atoms with Gasteiger partial charge in [-0.2, -0.15) is 0 Å². The number of nitrogen functional groups attached to an aromatic ring is 1. The number of amides is 2. The zero-order valence-electron chi connectivity index (χ0n) is 13.3. The van der Waals surface area contributed by atoms with Crippen LogP contribution in [0, 0.1) is 0 Å². The Balaban J connectivity index is 1.89. The number of urea groups is 1. The van der Waals surface area contributed by atoms with Crippen LogP contribution < -0.4 is 21.5 Å². The lowest BCUT2D eigenvalue weighted by molar-refractivity contribution is 0.244. The van der Waals surface area contributed by atoms with Crippen molar-refractivity contribution in [1.82, 2.24) is 15.3 Å². The van der Waals surface area contributed by atoms with E-state index in [1.807, 2.05) is 18.2 Å². The highest BCUT2D eigenvalue weighted by atomic mass is 32.1. The highest BCUT2D eigenvalue weighted by molar-refractivity contribution is 7.19. The highest BCUT2D eigenvalue weighted by Crippen LogP contribution is 2.34. The zero-order valence-corrected chi connectivity index (χ0v) is 14.2. The molecule has 0 aliphatic heterocycles. The Morgan fingerprint density at radius 3 is 2.96 bits per heavy atom. The minimum Gasteiger partial charge on any atom is -0.492 e. The van der Waals surface area contributed by atoms with Crippen molar-refractivity contribution >= 4 is 44.3 Å². The lowest BCUT2D eigenvalue weighted by Gasteiger charge is -2.08. The minimum atomic E-state index is -0.568. The van der Waals surface area contributed by atoms with Crippen LogP contribution in [-0.4, -0.2) is 29.2 Å². The average Bonchev–Trinajstić information content (AvgIpc) is 2.96. The first-order valence-corrected chi connectivity index (χ1v) is 8.55. The van der Waals surface area contributed by atoms with Crippen molar-refractivity contribution in [2.24, 2.45) is 5.73 Å². The van der Waals surface area contributed by atoms with E-state index in [9.17, 15) is 4.79 Å². The summed E-state index contributed by atoms with van der Waals surface area (Å²) in [4.78, 5) is 19.7. The number of nitrogens with two attached hydrogens (primary N) is 2. The van der Waals surface area contributed by atoms with Crippen LogP contribution in [0.15, 0.2) is 18.2 Å². The summed E-state index contributed by atoms with van der Waals surface area (Å²) in [5, 5.41) is 4.56. The minimum absolute atomic E-state index is 0.327. The number of nitrogens with zero attached hydrogens (tertiary/aromatic N) is 2. The van der Waals surface area contributed by atoms with Gasteiger partial charge in [0.25, 0.3) is 0 Å². The molecular weight excluding hydrogens is 326 g/mol. The number of thiazole rings is 1. The number of nitrogens with one attached hydrogen (secondary N) is 1. The molecule has 0 aliphatic rings. The molecule has 2 aromatic heterocycles. The standard InChI is InChI=1S/C16H19N5O2S/c1-2-3-12-21-13-14(24-12)10-5-4-9(8-11(10)20-15(13)17)23-7-6-19-16(18)22/h4-5,8H,2-3,6-7H2,1H3,(H2,17,20)(H3,18,19,22). The first-order chi connectivity index (χ1) is 11.6. The molecule has 0 atom stereocenters. The van der Waals surface area contributed by atoms with Gasteiger partial charge in [0, 0.05) is 11.5 Å². The molecule has 0 bridgehead atoms. The van der Waals surface area contributed by atoms with Crippen molar-refractivity contribution < 1.29 is 9.53 Å². The van der Waals surface area contributed by atoms with E-state index in [1.54, 1.807) is 11.3 Å². The fraction of sp³-hybridized carbons (Fsp3) is 0.312. The molecule has 2 heterocycles. The predicted octanol–water partition coefficient (Wildman–Crippen LogP) is 2.43. The van der Waals surface area contributed by atoms with Gasteiger partial charge in [0.15, 0.2) is 5.82 Å². The average molecular weight is 345 g/mol. The van der Waals surface area contributed by atoms with E-state index >= 15 is 0 Å². The summed E-state index contributed by atoms with van der Waals surface area (Å²) >= 11 is 1.66. The molecule has 0 radical (unpaired) electrons. The summed E-state index contributed by atoms with van der Waals surface area (Å²) < 4.78 is 6.66. The number of anilines is 1. The molecule has 5 N–H and O–H groups in total. The summed E-state index contributed by atoms with van der Waals surface area (Å²) in [5.41, 5.74) is 12.6. The number of rotatable bonds is 6. The second-order valence-electron chi connectivity index (χ2n) is 5.35. The van der Waals surface area contributed by atoms with Gasteiger partial charge < -0.3 is 21.5 Å². The summed E-state index contributed by atoms with van der Waals surface area (Å²) in [7, 11) is 0. The van der Waals surface area contributed by atoms with Crippen molar-refractivity contribution in [3.8, 4) is 5.75 Å². The number of primary amides is 1. The van der Waals surface area contributed by atoms with Crippen LogP contribution in [-0.2, 0) is 6.42 Å². The van der Waals surface area contributed by atoms with Crippen LogP contribution in [0.2, 0.25) is 0 Å². The lowest BCUT2D eigenvalue weighted by Crippen LogP contribution is -2.32. The Kier molecular flexibility index (Phi) is 4.66. The molecule has 126 valence electrons. The van der Waals surface area contributed by atoms with Gasteiger partial charge in [0.2, 0.25) is 0 Å². The maximum Gasteiger partial charge on any atom is 0.312 e. The summed E-state index contributed by atoms with van der Waals surface area (Å²) in [6.07, 6.45) is 1.98. The maximum absolute atomic E-state index is 10.6. The van der Waals surface area contributed by atoms with Crippen molar-refractivity contribution in [2.75, 3.05) is 18.9 Å². The van der Waals surface area contributed by atoms with Gasteiger partial charge in [-0.1, -0.05) is 6.92 Å². The van der Waals surface area contributed by atoms with Crippen molar-refractivity contribution in [3.05, 3.63) is 23.2 Å². The number of aromatic nitrogens is 2. The predicted molar refractivity (Wildman–Crippen MR) is 96.4 cm³/mol. The van der Waals surface area contributed by atoms with Crippen LogP contribution >= 0.6 is 11.3 Å². The fourth-order valence-corrected chi connectivity index (χ4v) is 3.66. The smallest absolute Gasteiger partial charge is 0.312 e. The van der Waals surface area contributed by atoms with Gasteiger partial charge in [-0.3, -0.25) is 0 Å².